The Morgan fingerprint density at radius 2 is 1.62 bits per heavy atom. The monoisotopic (exact) mass is 402 g/mol. The number of nitrogens with zero attached hydrogens (tertiary/aromatic N) is 2. The number of carbonyl (C=O) groups excluding carboxylic acids is 2. The van der Waals surface area contributed by atoms with E-state index >= 15 is 0 Å². The molecule has 1 atom stereocenters. The van der Waals surface area contributed by atoms with Crippen LogP contribution in [0, 0.1) is 15.9 Å². The highest BCUT2D eigenvalue weighted by atomic mass is 19.1. The molecule has 8 nitrogen and oxygen atoms in total. The number of nitro benzene ring substituents is 1. The molecule has 152 valence electrons. The molecule has 1 aliphatic heterocycles. The van der Waals surface area contributed by atoms with Gasteiger partial charge >= 0.3 is 12.1 Å². The third kappa shape index (κ3) is 5.28. The van der Waals surface area contributed by atoms with Crippen LogP contribution in [0.2, 0.25) is 0 Å². The zero-order chi connectivity index (χ0) is 20.8. The molecule has 3 rings (SSSR count). The van der Waals surface area contributed by atoms with Crippen LogP contribution in [-0.2, 0) is 27.5 Å². The van der Waals surface area contributed by atoms with E-state index in [1.54, 1.807) is 0 Å². The first-order valence-corrected chi connectivity index (χ1v) is 9.02. The second-order valence-corrected chi connectivity index (χ2v) is 6.56. The van der Waals surface area contributed by atoms with Crippen molar-refractivity contribution >= 4 is 17.7 Å². The minimum absolute atomic E-state index is 0.0276. The minimum Gasteiger partial charge on any atom is -0.459 e. The molecule has 2 aromatic rings. The number of halogens is 1. The Bertz CT molecular complexity index is 885. The molecule has 1 saturated heterocycles. The average Bonchev–Trinajstić information content (AvgIpc) is 3.22. The maximum Gasteiger partial charge on any atom is 0.410 e. The highest BCUT2D eigenvalue weighted by molar-refractivity contribution is 5.82. The lowest BCUT2D eigenvalue weighted by molar-refractivity contribution is -0.384. The van der Waals surface area contributed by atoms with Crippen molar-refractivity contribution < 1.29 is 28.4 Å². The number of amides is 1. The molecule has 1 unspecified atom stereocenters. The molecule has 9 heteroatoms. The average molecular weight is 402 g/mol. The first-order valence-electron chi connectivity index (χ1n) is 9.02. The maximum atomic E-state index is 12.9. The summed E-state index contributed by atoms with van der Waals surface area (Å²) in [6, 6.07) is 10.5. The largest absolute Gasteiger partial charge is 0.459 e. The van der Waals surface area contributed by atoms with Gasteiger partial charge in [0.2, 0.25) is 0 Å². The van der Waals surface area contributed by atoms with Gasteiger partial charge < -0.3 is 9.47 Å². The lowest BCUT2D eigenvalue weighted by Gasteiger charge is -2.22. The van der Waals surface area contributed by atoms with Gasteiger partial charge in [-0.2, -0.15) is 0 Å². The molecule has 0 radical (unpaired) electrons. The lowest BCUT2D eigenvalue weighted by atomic mass is 10.2. The van der Waals surface area contributed by atoms with Crippen LogP contribution in [0.1, 0.15) is 24.0 Å². The second-order valence-electron chi connectivity index (χ2n) is 6.56. The van der Waals surface area contributed by atoms with Crippen molar-refractivity contribution in [2.24, 2.45) is 0 Å². The van der Waals surface area contributed by atoms with Crippen molar-refractivity contribution in [3.8, 4) is 0 Å². The van der Waals surface area contributed by atoms with Crippen LogP contribution in [0.4, 0.5) is 14.9 Å². The van der Waals surface area contributed by atoms with Crippen molar-refractivity contribution in [1.82, 2.24) is 4.90 Å². The number of carbonyl (C=O) groups is 2. The molecule has 0 aliphatic carbocycles. The van der Waals surface area contributed by atoms with Crippen molar-refractivity contribution in [2.75, 3.05) is 6.54 Å². The molecular weight excluding hydrogens is 383 g/mol. The van der Waals surface area contributed by atoms with Crippen LogP contribution in [0.5, 0.6) is 0 Å². The van der Waals surface area contributed by atoms with E-state index in [1.165, 1.54) is 53.4 Å². The van der Waals surface area contributed by atoms with Gasteiger partial charge in [-0.05, 0) is 48.2 Å². The van der Waals surface area contributed by atoms with Crippen molar-refractivity contribution in [3.63, 3.8) is 0 Å². The number of rotatable bonds is 6. The summed E-state index contributed by atoms with van der Waals surface area (Å²) in [5, 5.41) is 10.7. The molecule has 0 N–H and O–H groups in total. The Hall–Kier alpha value is -3.49. The van der Waals surface area contributed by atoms with Crippen LogP contribution in [0.3, 0.4) is 0 Å². The van der Waals surface area contributed by atoms with Gasteiger partial charge in [0, 0.05) is 18.7 Å². The predicted molar refractivity (Wildman–Crippen MR) is 99.2 cm³/mol. The van der Waals surface area contributed by atoms with Crippen LogP contribution in [0.15, 0.2) is 48.5 Å². The summed E-state index contributed by atoms with van der Waals surface area (Å²) in [6.45, 7) is 0.297. The van der Waals surface area contributed by atoms with Crippen molar-refractivity contribution in [1.29, 1.82) is 0 Å². The molecule has 1 fully saturated rings. The van der Waals surface area contributed by atoms with E-state index in [9.17, 15) is 24.1 Å². The van der Waals surface area contributed by atoms with E-state index in [-0.39, 0.29) is 24.7 Å². The highest BCUT2D eigenvalue weighted by Gasteiger charge is 2.36. The molecular formula is C20H19FN2O6. The van der Waals surface area contributed by atoms with Crippen LogP contribution in [-0.4, -0.2) is 34.5 Å². The van der Waals surface area contributed by atoms with Gasteiger partial charge in [0.15, 0.2) is 0 Å². The number of hydrogen-bond acceptors (Lipinski definition) is 6. The molecule has 0 spiro atoms. The van der Waals surface area contributed by atoms with Gasteiger partial charge in [0.1, 0.15) is 25.1 Å². The Balaban J connectivity index is 1.52. The number of esters is 1. The molecule has 0 aromatic heterocycles. The Labute approximate surface area is 166 Å². The van der Waals surface area contributed by atoms with Crippen LogP contribution >= 0.6 is 0 Å². The topological polar surface area (TPSA) is 99.0 Å². The van der Waals surface area contributed by atoms with E-state index in [1.807, 2.05) is 0 Å². The summed E-state index contributed by atoms with van der Waals surface area (Å²) in [7, 11) is 0. The number of likely N-dealkylation sites (tertiary alicyclic amines) is 1. The Morgan fingerprint density at radius 1 is 1.03 bits per heavy atom. The predicted octanol–water partition coefficient (Wildman–Crippen LogP) is 3.58. The van der Waals surface area contributed by atoms with E-state index < -0.39 is 23.0 Å². The highest BCUT2D eigenvalue weighted by Crippen LogP contribution is 2.21. The fourth-order valence-electron chi connectivity index (χ4n) is 3.00. The molecule has 2 aromatic carbocycles. The summed E-state index contributed by atoms with van der Waals surface area (Å²) >= 11 is 0. The number of non-ortho nitro benzene ring substituents is 1. The molecule has 0 bridgehead atoms. The quantitative estimate of drug-likeness (QED) is 0.416. The zero-order valence-electron chi connectivity index (χ0n) is 15.5. The van der Waals surface area contributed by atoms with Gasteiger partial charge in [-0.15, -0.1) is 0 Å². The van der Waals surface area contributed by atoms with Gasteiger partial charge in [-0.1, -0.05) is 12.1 Å². The maximum absolute atomic E-state index is 12.9. The van der Waals surface area contributed by atoms with Crippen molar-refractivity contribution in [2.45, 2.75) is 32.1 Å². The van der Waals surface area contributed by atoms with Crippen molar-refractivity contribution in [3.05, 3.63) is 75.6 Å². The lowest BCUT2D eigenvalue weighted by Crippen LogP contribution is -2.41. The van der Waals surface area contributed by atoms with Crippen LogP contribution < -0.4 is 0 Å². The molecule has 29 heavy (non-hydrogen) atoms. The first kappa shape index (κ1) is 20.2. The van der Waals surface area contributed by atoms with E-state index in [0.717, 1.165) is 0 Å². The first-order chi connectivity index (χ1) is 13.9. The smallest absolute Gasteiger partial charge is 0.410 e. The molecule has 1 aliphatic rings. The standard InChI is InChI=1S/C20H19FN2O6/c21-16-7-3-14(4-8-16)13-29-20(25)22-11-1-2-18(22)19(24)28-12-15-5-9-17(10-6-15)23(26)27/h3-10,18H,1-2,11-13H2. The number of hydrogen-bond donors (Lipinski definition) is 0. The molecule has 0 saturated carbocycles. The van der Waals surface area contributed by atoms with Gasteiger partial charge in [0.05, 0.1) is 4.92 Å². The molecule has 1 heterocycles. The fourth-order valence-corrected chi connectivity index (χ4v) is 3.00. The SMILES string of the molecule is O=C(OCc1ccc([N+](=O)[O-])cc1)C1CCCN1C(=O)OCc1ccc(F)cc1. The minimum atomic E-state index is -0.742. The summed E-state index contributed by atoms with van der Waals surface area (Å²) in [6.07, 6.45) is 0.470. The van der Waals surface area contributed by atoms with Gasteiger partial charge in [0.25, 0.3) is 5.69 Å². The van der Waals surface area contributed by atoms with Gasteiger partial charge in [-0.25, -0.2) is 14.0 Å². The fraction of sp³-hybridized carbons (Fsp3) is 0.300. The normalized spacial score (nSPS) is 15.8. The number of ether oxygens (including phenoxy) is 2. The third-order valence-electron chi connectivity index (χ3n) is 4.56. The Kier molecular flexibility index (Phi) is 6.38. The Morgan fingerprint density at radius 3 is 2.24 bits per heavy atom. The third-order valence-corrected chi connectivity index (χ3v) is 4.56. The second kappa shape index (κ2) is 9.13. The van der Waals surface area contributed by atoms with E-state index in [4.69, 9.17) is 9.47 Å². The summed E-state index contributed by atoms with van der Waals surface area (Å²) in [5.74, 6) is -0.935. The van der Waals surface area contributed by atoms with E-state index in [0.29, 0.717) is 30.5 Å². The zero-order valence-corrected chi connectivity index (χ0v) is 15.5. The van der Waals surface area contributed by atoms with E-state index in [2.05, 4.69) is 0 Å². The summed E-state index contributed by atoms with van der Waals surface area (Å²) < 4.78 is 23.4. The van der Waals surface area contributed by atoms with Gasteiger partial charge in [-0.3, -0.25) is 15.0 Å². The molecule has 1 amide bonds. The summed E-state index contributed by atoms with van der Waals surface area (Å²) in [5.41, 5.74) is 1.19. The number of benzene rings is 2. The number of nitro groups is 1. The van der Waals surface area contributed by atoms with Crippen LogP contribution in [0.25, 0.3) is 0 Å². The summed E-state index contributed by atoms with van der Waals surface area (Å²) in [4.78, 5) is 36.2.